The Hall–Kier alpha value is -2.90. The number of halogens is 6. The molecule has 0 amide bonds. The minimum Gasteiger partial charge on any atom is -0.412 e. The van der Waals surface area contributed by atoms with Crippen LogP contribution in [0.3, 0.4) is 0 Å². The number of benzene rings is 2. The summed E-state index contributed by atoms with van der Waals surface area (Å²) in [6, 6.07) is 12.6. The first kappa shape index (κ1) is 38.1. The van der Waals surface area contributed by atoms with Crippen molar-refractivity contribution < 1.29 is 14.3 Å². The Morgan fingerprint density at radius 2 is 0.902 bits per heavy atom. The minimum atomic E-state index is -0.257. The maximum atomic E-state index is 13.0. The molecule has 15 heteroatoms. The molecule has 2 aliphatic heterocycles. The van der Waals surface area contributed by atoms with Crippen LogP contribution in [0.5, 0.6) is 0 Å². The van der Waals surface area contributed by atoms with Crippen molar-refractivity contribution >= 4 is 61.5 Å². The summed E-state index contributed by atoms with van der Waals surface area (Å²) in [5, 5.41) is 6.57. The number of hydrogen-bond acceptors (Lipinski definition) is 8. The molecule has 224 valence electrons. The molecule has 0 saturated heterocycles. The molecular formula is C26H32Cl4F2N8O. The Kier molecular flexibility index (Phi) is 15.9. The third kappa shape index (κ3) is 9.04. The third-order valence-electron chi connectivity index (χ3n) is 6.14. The molecular weight excluding hydrogens is 620 g/mol. The number of aromatic nitrogens is 4. The van der Waals surface area contributed by atoms with Crippen molar-refractivity contribution in [3.63, 3.8) is 0 Å². The van der Waals surface area contributed by atoms with Gasteiger partial charge < -0.3 is 27.6 Å². The Balaban J connectivity index is 0.000000696. The van der Waals surface area contributed by atoms with Crippen LogP contribution >= 0.6 is 49.6 Å². The Bertz CT molecular complexity index is 1290. The normalized spacial score (nSPS) is 12.5. The van der Waals surface area contributed by atoms with Gasteiger partial charge in [-0.2, -0.15) is 0 Å². The lowest BCUT2D eigenvalue weighted by molar-refractivity contribution is 0.626. The van der Waals surface area contributed by atoms with Gasteiger partial charge in [-0.25, -0.2) is 28.7 Å². The van der Waals surface area contributed by atoms with Gasteiger partial charge in [0.25, 0.3) is 0 Å². The highest BCUT2D eigenvalue weighted by Crippen LogP contribution is 2.27. The molecule has 2 aliphatic rings. The van der Waals surface area contributed by atoms with E-state index in [9.17, 15) is 8.78 Å². The molecule has 0 radical (unpaired) electrons. The molecule has 8 N–H and O–H groups in total. The van der Waals surface area contributed by atoms with Gasteiger partial charge in [-0.3, -0.25) is 0 Å². The molecule has 0 aliphatic carbocycles. The molecule has 0 saturated carbocycles. The third-order valence-corrected chi connectivity index (χ3v) is 6.14. The van der Waals surface area contributed by atoms with E-state index in [4.69, 9.17) is 11.5 Å². The van der Waals surface area contributed by atoms with Gasteiger partial charge >= 0.3 is 0 Å². The number of nitrogens with two attached hydrogens (primary N) is 2. The van der Waals surface area contributed by atoms with Crippen LogP contribution in [-0.2, 0) is 25.9 Å². The fourth-order valence-corrected chi connectivity index (χ4v) is 4.42. The second-order valence-corrected chi connectivity index (χ2v) is 8.58. The average Bonchev–Trinajstić information content (AvgIpc) is 2.89. The predicted molar refractivity (Wildman–Crippen MR) is 167 cm³/mol. The van der Waals surface area contributed by atoms with Gasteiger partial charge in [0, 0.05) is 61.3 Å². The van der Waals surface area contributed by atoms with Crippen LogP contribution in [0.25, 0.3) is 22.5 Å². The van der Waals surface area contributed by atoms with Crippen molar-refractivity contribution in [2.24, 2.45) is 0 Å². The molecule has 0 fully saturated rings. The zero-order chi connectivity index (χ0) is 25.1. The summed E-state index contributed by atoms with van der Waals surface area (Å²) >= 11 is 0. The molecule has 41 heavy (non-hydrogen) atoms. The standard InChI is InChI=1S/2C13H13FN4.4ClH.H2O/c2*14-9-3-1-8(2-4-9)12-10-7-16-6-5-11(10)17-13(15)18-12;;;;;/h2*1-4,16H,5-7H2,(H2,15,17,18);4*1H;1H2. The summed E-state index contributed by atoms with van der Waals surface area (Å²) in [5.41, 5.74) is 18.9. The summed E-state index contributed by atoms with van der Waals surface area (Å²) in [6.45, 7) is 3.24. The predicted octanol–water partition coefficient (Wildman–Crippen LogP) is 3.88. The van der Waals surface area contributed by atoms with Crippen molar-refractivity contribution in [2.45, 2.75) is 25.9 Å². The monoisotopic (exact) mass is 650 g/mol. The lowest BCUT2D eigenvalue weighted by atomic mass is 10.0. The Morgan fingerprint density at radius 1 is 0.561 bits per heavy atom. The van der Waals surface area contributed by atoms with E-state index in [1.54, 1.807) is 24.3 Å². The van der Waals surface area contributed by atoms with Gasteiger partial charge in [0.2, 0.25) is 11.9 Å². The van der Waals surface area contributed by atoms with Gasteiger partial charge in [-0.05, 0) is 48.5 Å². The number of anilines is 2. The fraction of sp³-hybridized carbons (Fsp3) is 0.231. The number of nitrogens with zero attached hydrogens (tertiary/aromatic N) is 4. The molecule has 2 aromatic heterocycles. The lowest BCUT2D eigenvalue weighted by Gasteiger charge is -2.19. The number of hydrogen-bond donors (Lipinski definition) is 4. The first-order valence-corrected chi connectivity index (χ1v) is 11.7. The van der Waals surface area contributed by atoms with E-state index in [1.165, 1.54) is 24.3 Å². The number of fused-ring (bicyclic) bond motifs is 2. The van der Waals surface area contributed by atoms with E-state index in [0.717, 1.165) is 84.1 Å². The molecule has 6 rings (SSSR count). The maximum Gasteiger partial charge on any atom is 0.220 e. The van der Waals surface area contributed by atoms with Gasteiger partial charge in [0.05, 0.1) is 22.8 Å². The molecule has 0 spiro atoms. The summed E-state index contributed by atoms with van der Waals surface area (Å²) in [4.78, 5) is 17.1. The van der Waals surface area contributed by atoms with Crippen LogP contribution in [-0.4, -0.2) is 38.5 Å². The van der Waals surface area contributed by atoms with E-state index >= 15 is 0 Å². The molecule has 4 heterocycles. The van der Waals surface area contributed by atoms with Crippen LogP contribution in [0, 0.1) is 11.6 Å². The first-order chi connectivity index (χ1) is 17.5. The van der Waals surface area contributed by atoms with E-state index in [2.05, 4.69) is 30.6 Å². The Morgan fingerprint density at radius 3 is 1.24 bits per heavy atom. The van der Waals surface area contributed by atoms with Crippen molar-refractivity contribution in [2.75, 3.05) is 24.6 Å². The SMILES string of the molecule is Cl.Cl.Cl.Cl.Nc1nc2c(c(-c3ccc(F)cc3)n1)CNCC2.Nc1nc2c(c(-c3ccc(F)cc3)n1)CNCC2.O. The number of nitrogen functional groups attached to an aromatic ring is 2. The topological polar surface area (TPSA) is 159 Å². The van der Waals surface area contributed by atoms with Crippen LogP contribution in [0.4, 0.5) is 20.7 Å². The molecule has 0 atom stereocenters. The van der Waals surface area contributed by atoms with E-state index < -0.39 is 0 Å². The largest absolute Gasteiger partial charge is 0.412 e. The number of rotatable bonds is 2. The summed E-state index contributed by atoms with van der Waals surface area (Å²) in [6.07, 6.45) is 1.69. The highest BCUT2D eigenvalue weighted by atomic mass is 35.5. The van der Waals surface area contributed by atoms with Gasteiger partial charge in [-0.1, -0.05) is 0 Å². The Labute approximate surface area is 261 Å². The quantitative estimate of drug-likeness (QED) is 0.254. The highest BCUT2D eigenvalue weighted by Gasteiger charge is 2.19. The summed E-state index contributed by atoms with van der Waals surface area (Å²) in [7, 11) is 0. The van der Waals surface area contributed by atoms with Crippen LogP contribution in [0.2, 0.25) is 0 Å². The van der Waals surface area contributed by atoms with Gasteiger partial charge in [0.15, 0.2) is 0 Å². The van der Waals surface area contributed by atoms with E-state index in [-0.39, 0.29) is 78.6 Å². The fourth-order valence-electron chi connectivity index (χ4n) is 4.42. The molecule has 0 bridgehead atoms. The first-order valence-electron chi connectivity index (χ1n) is 11.7. The smallest absolute Gasteiger partial charge is 0.220 e. The highest BCUT2D eigenvalue weighted by molar-refractivity contribution is 5.86. The zero-order valence-electron chi connectivity index (χ0n) is 21.7. The van der Waals surface area contributed by atoms with Gasteiger partial charge in [0.1, 0.15) is 11.6 Å². The van der Waals surface area contributed by atoms with E-state index in [0.29, 0.717) is 0 Å². The molecule has 9 nitrogen and oxygen atoms in total. The minimum absolute atomic E-state index is 0. The second-order valence-electron chi connectivity index (χ2n) is 8.58. The van der Waals surface area contributed by atoms with Crippen molar-refractivity contribution in [3.8, 4) is 22.5 Å². The zero-order valence-corrected chi connectivity index (χ0v) is 25.0. The molecule has 4 aromatic rings. The van der Waals surface area contributed by atoms with Crippen molar-refractivity contribution in [3.05, 3.63) is 82.7 Å². The van der Waals surface area contributed by atoms with Crippen molar-refractivity contribution in [1.82, 2.24) is 30.6 Å². The molecule has 0 unspecified atom stereocenters. The van der Waals surface area contributed by atoms with Gasteiger partial charge in [-0.15, -0.1) is 49.6 Å². The summed E-state index contributed by atoms with van der Waals surface area (Å²) < 4.78 is 25.9. The molecule has 2 aromatic carbocycles. The van der Waals surface area contributed by atoms with Crippen LogP contribution in [0.1, 0.15) is 22.5 Å². The second kappa shape index (κ2) is 17.1. The number of nitrogens with one attached hydrogen (secondary N) is 2. The average molecular weight is 652 g/mol. The van der Waals surface area contributed by atoms with E-state index in [1.807, 2.05) is 0 Å². The van der Waals surface area contributed by atoms with Crippen LogP contribution in [0.15, 0.2) is 48.5 Å². The van der Waals surface area contributed by atoms with Crippen LogP contribution < -0.4 is 22.1 Å². The van der Waals surface area contributed by atoms with Crippen molar-refractivity contribution in [1.29, 1.82) is 0 Å². The summed E-state index contributed by atoms with van der Waals surface area (Å²) in [5.74, 6) is 0.0329. The lowest BCUT2D eigenvalue weighted by Crippen LogP contribution is -2.26. The maximum absolute atomic E-state index is 13.0.